The van der Waals surface area contributed by atoms with Gasteiger partial charge in [-0.05, 0) is 79.1 Å². The third-order valence-corrected chi connectivity index (χ3v) is 9.01. The molecule has 3 heterocycles. The predicted octanol–water partition coefficient (Wildman–Crippen LogP) is 6.90. The number of aromatic nitrogens is 1. The molecule has 1 aliphatic heterocycles. The summed E-state index contributed by atoms with van der Waals surface area (Å²) >= 11 is 1.88. The zero-order valence-corrected chi connectivity index (χ0v) is 22.5. The molecule has 6 nitrogen and oxygen atoms in total. The lowest BCUT2D eigenvalue weighted by molar-refractivity contribution is 0.0600. The summed E-state index contributed by atoms with van der Waals surface area (Å²) < 4.78 is 7.17. The molecular weight excluding hydrogens is 494 g/mol. The minimum absolute atomic E-state index is 0.201. The van der Waals surface area contributed by atoms with E-state index in [4.69, 9.17) is 4.74 Å². The molecule has 1 N–H and O–H groups in total. The highest BCUT2D eigenvalue weighted by molar-refractivity contribution is 7.15. The summed E-state index contributed by atoms with van der Waals surface area (Å²) in [6, 6.07) is 19.2. The van der Waals surface area contributed by atoms with Crippen molar-refractivity contribution in [3.05, 3.63) is 105 Å². The van der Waals surface area contributed by atoms with Gasteiger partial charge in [0.2, 0.25) is 0 Å². The van der Waals surface area contributed by atoms with Crippen LogP contribution in [0.15, 0.2) is 66.9 Å². The molecule has 1 atom stereocenters. The number of benzene rings is 2. The molecule has 4 aromatic rings. The van der Waals surface area contributed by atoms with Crippen LogP contribution in [0.3, 0.4) is 0 Å². The Labute approximate surface area is 226 Å². The smallest absolute Gasteiger partial charge is 0.337 e. The van der Waals surface area contributed by atoms with E-state index in [1.807, 2.05) is 16.2 Å². The normalized spacial score (nSPS) is 16.2. The number of carbonyl (C=O) groups excluding carboxylic acids is 2. The zero-order chi connectivity index (χ0) is 26.2. The van der Waals surface area contributed by atoms with E-state index in [0.717, 1.165) is 30.5 Å². The summed E-state index contributed by atoms with van der Waals surface area (Å²) in [7, 11) is 1.35. The molecule has 0 unspecified atom stereocenters. The quantitative estimate of drug-likeness (QED) is 0.295. The molecule has 0 spiro atoms. The van der Waals surface area contributed by atoms with Crippen LogP contribution in [-0.4, -0.2) is 28.6 Å². The van der Waals surface area contributed by atoms with Crippen LogP contribution in [0.25, 0.3) is 5.00 Å². The number of nitrogens with one attached hydrogen (secondary N) is 1. The topological polar surface area (TPSA) is 63.6 Å². The average Bonchev–Trinajstić information content (AvgIpc) is 3.54. The summed E-state index contributed by atoms with van der Waals surface area (Å²) in [4.78, 5) is 29.6. The number of fused-ring (bicyclic) bond motifs is 5. The first kappa shape index (κ1) is 24.5. The molecule has 0 radical (unpaired) electrons. The van der Waals surface area contributed by atoms with Gasteiger partial charge in [0.05, 0.1) is 31.0 Å². The van der Waals surface area contributed by atoms with E-state index in [1.165, 1.54) is 46.5 Å². The average molecular weight is 526 g/mol. The number of carbonyl (C=O) groups is 2. The van der Waals surface area contributed by atoms with Crippen molar-refractivity contribution in [1.82, 2.24) is 9.47 Å². The molecule has 0 bridgehead atoms. The van der Waals surface area contributed by atoms with E-state index in [1.54, 1.807) is 24.3 Å². The van der Waals surface area contributed by atoms with E-state index in [9.17, 15) is 9.59 Å². The molecule has 2 amide bonds. The molecule has 0 fully saturated rings. The highest BCUT2D eigenvalue weighted by Gasteiger charge is 2.36. The van der Waals surface area contributed by atoms with Crippen LogP contribution in [0.4, 0.5) is 10.5 Å². The van der Waals surface area contributed by atoms with E-state index in [0.29, 0.717) is 17.8 Å². The molecule has 1 aliphatic carbocycles. The van der Waals surface area contributed by atoms with Crippen LogP contribution in [0.5, 0.6) is 0 Å². The van der Waals surface area contributed by atoms with Crippen LogP contribution < -0.4 is 5.32 Å². The zero-order valence-electron chi connectivity index (χ0n) is 21.7. The van der Waals surface area contributed by atoms with Crippen molar-refractivity contribution in [1.29, 1.82) is 0 Å². The van der Waals surface area contributed by atoms with Crippen molar-refractivity contribution in [2.24, 2.45) is 0 Å². The Kier molecular flexibility index (Phi) is 6.54. The molecule has 2 aromatic carbocycles. The first-order valence-corrected chi connectivity index (χ1v) is 14.0. The predicted molar refractivity (Wildman–Crippen MR) is 150 cm³/mol. The fraction of sp³-hybridized carbons (Fsp3) is 0.290. The standard InChI is InChI=1S/C31H31N3O3S/c1-3-20-13-15-21(16-14-20)28-26-11-7-17-33(26)29-25(24-10-4-5-12-27(24)38-29)19-34(28)31(36)32-23-9-6-8-22(18-23)30(35)37-2/h6-9,11,13-18,28H,3-5,10,12,19H2,1-2H3,(H,32,36)/t28-/m0/s1. The molecule has 38 heavy (non-hydrogen) atoms. The number of nitrogens with zero attached hydrogens (tertiary/aromatic N) is 2. The van der Waals surface area contributed by atoms with Crippen LogP contribution in [0, 0.1) is 0 Å². The van der Waals surface area contributed by atoms with Crippen molar-refractivity contribution in [2.75, 3.05) is 12.4 Å². The van der Waals surface area contributed by atoms with Gasteiger partial charge in [-0.25, -0.2) is 9.59 Å². The Balaban J connectivity index is 1.45. The number of methoxy groups -OCH3 is 1. The lowest BCUT2D eigenvalue weighted by atomic mass is 9.95. The number of anilines is 1. The Hall–Kier alpha value is -3.84. The van der Waals surface area contributed by atoms with Crippen LogP contribution in [0.2, 0.25) is 0 Å². The van der Waals surface area contributed by atoms with Gasteiger partial charge in [-0.3, -0.25) is 0 Å². The molecule has 194 valence electrons. The van der Waals surface area contributed by atoms with E-state index in [2.05, 4.69) is 59.4 Å². The van der Waals surface area contributed by atoms with Gasteiger partial charge in [0, 0.05) is 22.3 Å². The number of hydrogen-bond acceptors (Lipinski definition) is 4. The van der Waals surface area contributed by atoms with Crippen LogP contribution in [0.1, 0.15) is 69.0 Å². The number of aryl methyl sites for hydroxylation is 2. The SMILES string of the molecule is CCc1ccc([C@H]2c3cccn3-c3sc4c(c3CN2C(=O)Nc2cccc(C(=O)OC)c2)CCCC4)cc1. The van der Waals surface area contributed by atoms with Crippen molar-refractivity contribution >= 4 is 29.0 Å². The first-order valence-electron chi connectivity index (χ1n) is 13.2. The molecular formula is C31H31N3O3S. The Morgan fingerprint density at radius 3 is 2.63 bits per heavy atom. The fourth-order valence-corrected chi connectivity index (χ4v) is 7.11. The van der Waals surface area contributed by atoms with Crippen molar-refractivity contribution < 1.29 is 14.3 Å². The van der Waals surface area contributed by atoms with Crippen molar-refractivity contribution in [3.8, 4) is 5.00 Å². The molecule has 0 saturated heterocycles. The summed E-state index contributed by atoms with van der Waals surface area (Å²) in [5.41, 5.74) is 7.05. The number of ether oxygens (including phenoxy) is 1. The number of rotatable bonds is 4. The van der Waals surface area contributed by atoms with Gasteiger partial charge in [0.1, 0.15) is 5.00 Å². The van der Waals surface area contributed by atoms with Crippen molar-refractivity contribution in [2.45, 2.75) is 51.6 Å². The molecule has 6 rings (SSSR count). The summed E-state index contributed by atoms with van der Waals surface area (Å²) in [5, 5.41) is 4.31. The second-order valence-electron chi connectivity index (χ2n) is 9.93. The maximum atomic E-state index is 14.1. The van der Waals surface area contributed by atoms with E-state index in [-0.39, 0.29) is 12.1 Å². The largest absolute Gasteiger partial charge is 0.465 e. The number of thiophene rings is 1. The van der Waals surface area contributed by atoms with Gasteiger partial charge in [-0.15, -0.1) is 11.3 Å². The summed E-state index contributed by atoms with van der Waals surface area (Å²) in [5.74, 6) is -0.433. The molecule has 7 heteroatoms. The van der Waals surface area contributed by atoms with E-state index >= 15 is 0 Å². The number of amides is 2. The lowest BCUT2D eigenvalue weighted by Gasteiger charge is -2.31. The fourth-order valence-electron chi connectivity index (χ4n) is 5.71. The number of esters is 1. The Morgan fingerprint density at radius 1 is 1.03 bits per heavy atom. The second-order valence-corrected chi connectivity index (χ2v) is 11.0. The molecule has 2 aliphatic rings. The monoisotopic (exact) mass is 525 g/mol. The Bertz CT molecular complexity index is 1500. The molecule has 2 aromatic heterocycles. The van der Waals surface area contributed by atoms with Gasteiger partial charge >= 0.3 is 12.0 Å². The van der Waals surface area contributed by atoms with Gasteiger partial charge in [0.25, 0.3) is 0 Å². The number of urea groups is 1. The highest BCUT2D eigenvalue weighted by atomic mass is 32.1. The summed E-state index contributed by atoms with van der Waals surface area (Å²) in [6.07, 6.45) is 7.67. The third-order valence-electron chi connectivity index (χ3n) is 7.68. The maximum absolute atomic E-state index is 14.1. The maximum Gasteiger partial charge on any atom is 0.337 e. The van der Waals surface area contributed by atoms with Gasteiger partial charge in [-0.2, -0.15) is 0 Å². The van der Waals surface area contributed by atoms with Gasteiger partial charge < -0.3 is 19.5 Å². The Morgan fingerprint density at radius 2 is 1.84 bits per heavy atom. The summed E-state index contributed by atoms with van der Waals surface area (Å²) in [6.45, 7) is 2.67. The van der Waals surface area contributed by atoms with Gasteiger partial charge in [-0.1, -0.05) is 37.3 Å². The van der Waals surface area contributed by atoms with Crippen LogP contribution in [-0.2, 0) is 30.5 Å². The van der Waals surface area contributed by atoms with Crippen molar-refractivity contribution in [3.63, 3.8) is 0 Å². The minimum atomic E-state index is -0.433. The van der Waals surface area contributed by atoms with Gasteiger partial charge in [0.15, 0.2) is 0 Å². The first-order chi connectivity index (χ1) is 18.6. The van der Waals surface area contributed by atoms with E-state index < -0.39 is 5.97 Å². The van der Waals surface area contributed by atoms with Crippen LogP contribution >= 0.6 is 11.3 Å². The highest BCUT2D eigenvalue weighted by Crippen LogP contribution is 2.44. The molecule has 0 saturated carbocycles. The minimum Gasteiger partial charge on any atom is -0.465 e. The number of hydrogen-bond donors (Lipinski definition) is 1. The second kappa shape index (κ2) is 10.1. The third kappa shape index (κ3) is 4.31. The lowest BCUT2D eigenvalue weighted by Crippen LogP contribution is -2.38.